The molecular formula is C18H28N2O4S. The zero-order valence-electron chi connectivity index (χ0n) is 15.9. The Morgan fingerprint density at radius 1 is 0.880 bits per heavy atom. The van der Waals surface area contributed by atoms with Crippen LogP contribution in [0.25, 0.3) is 0 Å². The summed E-state index contributed by atoms with van der Waals surface area (Å²) >= 11 is 0. The van der Waals surface area contributed by atoms with Gasteiger partial charge in [0.2, 0.25) is 10.0 Å². The highest BCUT2D eigenvalue weighted by atomic mass is 32.2. The highest BCUT2D eigenvalue weighted by Gasteiger charge is 2.34. The van der Waals surface area contributed by atoms with E-state index in [9.17, 15) is 13.2 Å². The van der Waals surface area contributed by atoms with E-state index in [1.165, 1.54) is 4.31 Å². The molecule has 1 heterocycles. The molecule has 0 aromatic heterocycles. The molecule has 0 saturated carbocycles. The number of hydrogen-bond donors (Lipinski definition) is 1. The summed E-state index contributed by atoms with van der Waals surface area (Å²) in [5.74, 6) is -0.882. The fraction of sp³-hybridized carbons (Fsp3) is 0.611. The summed E-state index contributed by atoms with van der Waals surface area (Å²) in [6.07, 6.45) is 0. The topological polar surface area (TPSA) is 77.9 Å². The van der Waals surface area contributed by atoms with Crippen molar-refractivity contribution in [2.45, 2.75) is 52.5 Å². The van der Waals surface area contributed by atoms with Gasteiger partial charge in [0.05, 0.1) is 4.90 Å². The molecule has 0 amide bonds. The van der Waals surface area contributed by atoms with Crippen LogP contribution in [0.4, 0.5) is 0 Å². The van der Waals surface area contributed by atoms with E-state index in [2.05, 4.69) is 0 Å². The third-order valence-electron chi connectivity index (χ3n) is 5.71. The Hall–Kier alpha value is -1.44. The molecule has 1 aliphatic rings. The van der Waals surface area contributed by atoms with Crippen molar-refractivity contribution in [3.8, 4) is 0 Å². The van der Waals surface area contributed by atoms with Crippen LogP contribution in [0.15, 0.2) is 4.90 Å². The summed E-state index contributed by atoms with van der Waals surface area (Å²) in [4.78, 5) is 13.3. The summed E-state index contributed by atoms with van der Waals surface area (Å²) in [7, 11) is -3.60. The fourth-order valence-electron chi connectivity index (χ4n) is 3.47. The Morgan fingerprint density at radius 2 is 1.28 bits per heavy atom. The smallest absolute Gasteiger partial charge is 0.320 e. The van der Waals surface area contributed by atoms with Gasteiger partial charge in [-0.3, -0.25) is 9.69 Å². The number of sulfonamides is 1. The van der Waals surface area contributed by atoms with E-state index in [1.807, 2.05) is 34.6 Å². The number of rotatable bonds is 4. The lowest BCUT2D eigenvalue weighted by atomic mass is 9.95. The Morgan fingerprint density at radius 3 is 1.68 bits per heavy atom. The molecule has 0 aliphatic carbocycles. The summed E-state index contributed by atoms with van der Waals surface area (Å²) in [5, 5.41) is 9.12. The number of carbonyl (C=O) groups is 1. The van der Waals surface area contributed by atoms with Gasteiger partial charge in [0, 0.05) is 26.2 Å². The molecular weight excluding hydrogens is 340 g/mol. The molecule has 1 aliphatic heterocycles. The zero-order valence-corrected chi connectivity index (χ0v) is 16.7. The number of carboxylic acid groups (broad SMARTS) is 1. The summed E-state index contributed by atoms with van der Waals surface area (Å²) < 4.78 is 28.0. The van der Waals surface area contributed by atoms with Crippen LogP contribution in [0, 0.1) is 34.6 Å². The second-order valence-electron chi connectivity index (χ2n) is 6.91. The highest BCUT2D eigenvalue weighted by Crippen LogP contribution is 2.32. The molecule has 1 N–H and O–H groups in total. The average molecular weight is 368 g/mol. The molecule has 0 spiro atoms. The van der Waals surface area contributed by atoms with Gasteiger partial charge in [0.25, 0.3) is 0 Å². The standard InChI is InChI=1S/C18H28N2O4S/c1-11-12(2)14(4)17(15(5)13(11)3)25(23,24)20-9-7-19(8-10-20)16(6)18(21)22/h16H,7-10H2,1-6H3,(H,21,22)/t16-/m0/s1. The van der Waals surface area contributed by atoms with Crippen molar-refractivity contribution >= 4 is 16.0 Å². The zero-order chi connectivity index (χ0) is 19.1. The van der Waals surface area contributed by atoms with E-state index in [1.54, 1.807) is 11.8 Å². The minimum Gasteiger partial charge on any atom is -0.480 e. The quantitative estimate of drug-likeness (QED) is 0.880. The predicted octanol–water partition coefficient (Wildman–Crippen LogP) is 2.01. The maximum Gasteiger partial charge on any atom is 0.320 e. The van der Waals surface area contributed by atoms with Crippen molar-refractivity contribution in [1.82, 2.24) is 9.21 Å². The van der Waals surface area contributed by atoms with E-state index in [0.717, 1.165) is 27.8 Å². The van der Waals surface area contributed by atoms with Gasteiger partial charge in [-0.15, -0.1) is 0 Å². The van der Waals surface area contributed by atoms with Gasteiger partial charge in [0.15, 0.2) is 0 Å². The van der Waals surface area contributed by atoms with Gasteiger partial charge in [-0.2, -0.15) is 4.31 Å². The van der Waals surface area contributed by atoms with Gasteiger partial charge in [0.1, 0.15) is 6.04 Å². The fourth-order valence-corrected chi connectivity index (χ4v) is 5.45. The first-order valence-electron chi connectivity index (χ1n) is 8.54. The number of nitrogens with zero attached hydrogens (tertiary/aromatic N) is 2. The van der Waals surface area contributed by atoms with Crippen molar-refractivity contribution < 1.29 is 18.3 Å². The maximum absolute atomic E-state index is 13.2. The first-order chi connectivity index (χ1) is 11.5. The monoisotopic (exact) mass is 368 g/mol. The molecule has 25 heavy (non-hydrogen) atoms. The number of piperazine rings is 1. The van der Waals surface area contributed by atoms with E-state index in [-0.39, 0.29) is 0 Å². The molecule has 0 bridgehead atoms. The first kappa shape index (κ1) is 19.9. The highest BCUT2D eigenvalue weighted by molar-refractivity contribution is 7.89. The molecule has 140 valence electrons. The summed E-state index contributed by atoms with van der Waals surface area (Å²) in [6, 6.07) is -0.600. The van der Waals surface area contributed by atoms with Crippen LogP contribution in [0.5, 0.6) is 0 Å². The predicted molar refractivity (Wildman–Crippen MR) is 97.6 cm³/mol. The van der Waals surface area contributed by atoms with Crippen LogP contribution in [-0.2, 0) is 14.8 Å². The second kappa shape index (κ2) is 7.05. The normalized spacial score (nSPS) is 18.3. The third kappa shape index (κ3) is 3.45. The minimum atomic E-state index is -3.60. The maximum atomic E-state index is 13.2. The van der Waals surface area contributed by atoms with Crippen molar-refractivity contribution in [2.75, 3.05) is 26.2 Å². The largest absolute Gasteiger partial charge is 0.480 e. The number of hydrogen-bond acceptors (Lipinski definition) is 4. The number of carboxylic acids is 1. The van der Waals surface area contributed by atoms with Crippen LogP contribution in [0.1, 0.15) is 34.7 Å². The lowest BCUT2D eigenvalue weighted by molar-refractivity contribution is -0.143. The molecule has 1 atom stereocenters. The van der Waals surface area contributed by atoms with Crippen molar-refractivity contribution in [3.63, 3.8) is 0 Å². The SMILES string of the molecule is Cc1c(C)c(C)c(S(=O)(=O)N2CCN([C@@H](C)C(=O)O)CC2)c(C)c1C. The van der Waals surface area contributed by atoms with Gasteiger partial charge in [-0.25, -0.2) is 8.42 Å². The summed E-state index contributed by atoms with van der Waals surface area (Å²) in [6.45, 7) is 12.8. The van der Waals surface area contributed by atoms with Gasteiger partial charge < -0.3 is 5.11 Å². The molecule has 7 heteroatoms. The molecule has 1 fully saturated rings. The number of aliphatic carboxylic acids is 1. The Bertz CT molecular complexity index is 765. The van der Waals surface area contributed by atoms with E-state index < -0.39 is 22.0 Å². The van der Waals surface area contributed by atoms with Crippen molar-refractivity contribution in [3.05, 3.63) is 27.8 Å². The molecule has 6 nitrogen and oxygen atoms in total. The van der Waals surface area contributed by atoms with Crippen LogP contribution in [-0.4, -0.2) is 60.9 Å². The molecule has 1 aromatic carbocycles. The Labute approximate surface area is 150 Å². The van der Waals surface area contributed by atoms with Crippen LogP contribution >= 0.6 is 0 Å². The van der Waals surface area contributed by atoms with E-state index in [4.69, 9.17) is 5.11 Å². The van der Waals surface area contributed by atoms with Crippen molar-refractivity contribution in [1.29, 1.82) is 0 Å². The Kier molecular flexibility index (Phi) is 5.61. The van der Waals surface area contributed by atoms with Crippen LogP contribution in [0.2, 0.25) is 0 Å². The third-order valence-corrected chi connectivity index (χ3v) is 7.88. The van der Waals surface area contributed by atoms with E-state index in [0.29, 0.717) is 31.1 Å². The molecule has 1 saturated heterocycles. The molecule has 1 aromatic rings. The van der Waals surface area contributed by atoms with Gasteiger partial charge >= 0.3 is 5.97 Å². The van der Waals surface area contributed by atoms with Gasteiger partial charge in [-0.05, 0) is 69.4 Å². The minimum absolute atomic E-state index is 0.310. The van der Waals surface area contributed by atoms with Gasteiger partial charge in [-0.1, -0.05) is 0 Å². The number of benzene rings is 1. The average Bonchev–Trinajstić information content (AvgIpc) is 2.57. The van der Waals surface area contributed by atoms with E-state index >= 15 is 0 Å². The lowest BCUT2D eigenvalue weighted by Gasteiger charge is -2.36. The second-order valence-corrected chi connectivity index (χ2v) is 8.78. The first-order valence-corrected chi connectivity index (χ1v) is 9.98. The van der Waals surface area contributed by atoms with Crippen LogP contribution in [0.3, 0.4) is 0 Å². The molecule has 2 rings (SSSR count). The lowest BCUT2D eigenvalue weighted by Crippen LogP contribution is -2.53. The summed E-state index contributed by atoms with van der Waals surface area (Å²) in [5.41, 5.74) is 4.78. The van der Waals surface area contributed by atoms with Crippen LogP contribution < -0.4 is 0 Å². The van der Waals surface area contributed by atoms with Crippen molar-refractivity contribution in [2.24, 2.45) is 0 Å². The molecule has 0 radical (unpaired) electrons. The molecule has 0 unspecified atom stereocenters. The Balaban J connectivity index is 2.35.